The summed E-state index contributed by atoms with van der Waals surface area (Å²) < 4.78 is 4.34. The highest BCUT2D eigenvalue weighted by molar-refractivity contribution is 14.1. The Morgan fingerprint density at radius 2 is 2.43 bits per heavy atom. The number of nitrogens with zero attached hydrogens (tertiary/aromatic N) is 1. The molecule has 2 rings (SSSR count). The fourth-order valence-electron chi connectivity index (χ4n) is 1.85. The minimum absolute atomic E-state index is 0.578. The number of fused-ring (bicyclic) bond motifs is 1. The number of hydrogen-bond donors (Lipinski definition) is 0. The van der Waals surface area contributed by atoms with Gasteiger partial charge in [-0.1, -0.05) is 24.6 Å². The van der Waals surface area contributed by atoms with Crippen molar-refractivity contribution < 1.29 is 0 Å². The first kappa shape index (κ1) is 11.0. The van der Waals surface area contributed by atoms with E-state index in [0.717, 1.165) is 17.9 Å². The first-order valence-electron chi connectivity index (χ1n) is 4.61. The molecule has 2 aliphatic rings. The van der Waals surface area contributed by atoms with E-state index in [0.29, 0.717) is 10.5 Å². The van der Waals surface area contributed by atoms with E-state index in [1.54, 1.807) is 0 Å². The molecule has 0 spiro atoms. The molecule has 1 fully saturated rings. The van der Waals surface area contributed by atoms with Crippen LogP contribution in [0.15, 0.2) is 26.0 Å². The molecule has 0 aromatic carbocycles. The Morgan fingerprint density at radius 1 is 1.64 bits per heavy atom. The number of halogens is 2. The van der Waals surface area contributed by atoms with Crippen LogP contribution < -0.4 is 0 Å². The molecule has 1 aliphatic carbocycles. The summed E-state index contributed by atoms with van der Waals surface area (Å²) in [5.41, 5.74) is 2.57. The fourth-order valence-corrected chi connectivity index (χ4v) is 3.90. The van der Waals surface area contributed by atoms with Crippen molar-refractivity contribution in [3.05, 3.63) is 22.8 Å². The summed E-state index contributed by atoms with van der Waals surface area (Å²) in [6.07, 6.45) is 6.30. The molecule has 4 heteroatoms. The third-order valence-corrected chi connectivity index (χ3v) is 4.73. The van der Waals surface area contributed by atoms with Gasteiger partial charge in [0, 0.05) is 22.0 Å². The molecule has 1 saturated heterocycles. The maximum Gasteiger partial charge on any atom is 0.0834 e. The van der Waals surface area contributed by atoms with Gasteiger partial charge in [0.15, 0.2) is 0 Å². The topological polar surface area (TPSA) is 12.4 Å². The van der Waals surface area contributed by atoms with Crippen molar-refractivity contribution in [3.8, 4) is 0 Å². The van der Waals surface area contributed by atoms with Crippen LogP contribution in [-0.2, 0) is 0 Å². The zero-order chi connectivity index (χ0) is 10.1. The van der Waals surface area contributed by atoms with Gasteiger partial charge in [-0.25, -0.2) is 3.21 Å². The van der Waals surface area contributed by atoms with Crippen LogP contribution >= 0.6 is 46.2 Å². The Balaban J connectivity index is 2.31. The van der Waals surface area contributed by atoms with E-state index in [2.05, 4.69) is 45.1 Å². The van der Waals surface area contributed by atoms with E-state index < -0.39 is 0 Å². The molecule has 0 radical (unpaired) electrons. The van der Waals surface area contributed by atoms with Gasteiger partial charge in [0.25, 0.3) is 0 Å². The number of hydrogen-bond acceptors (Lipinski definition) is 2. The largest absolute Gasteiger partial charge is 0.219 e. The van der Waals surface area contributed by atoms with Gasteiger partial charge in [-0.05, 0) is 18.1 Å². The van der Waals surface area contributed by atoms with Crippen molar-refractivity contribution in [2.75, 3.05) is 0 Å². The third kappa shape index (κ3) is 2.19. The minimum Gasteiger partial charge on any atom is -0.219 e. The molecule has 14 heavy (non-hydrogen) atoms. The second-order valence-electron chi connectivity index (χ2n) is 3.60. The highest BCUT2D eigenvalue weighted by atomic mass is 127. The van der Waals surface area contributed by atoms with Gasteiger partial charge in [0.1, 0.15) is 0 Å². The average molecular weight is 340 g/mol. The highest BCUT2D eigenvalue weighted by Gasteiger charge is 2.29. The fraction of sp³-hybridized carbons (Fsp3) is 0.500. The Kier molecular flexibility index (Phi) is 3.60. The SMILES string of the molecule is CC1C/C(=N\I)C2=CC(Cl)=CCC2S1. The Bertz CT molecular complexity index is 335. The Morgan fingerprint density at radius 3 is 3.14 bits per heavy atom. The lowest BCUT2D eigenvalue weighted by atomic mass is 9.96. The van der Waals surface area contributed by atoms with E-state index in [1.807, 2.05) is 11.8 Å². The van der Waals surface area contributed by atoms with Crippen LogP contribution in [-0.4, -0.2) is 16.2 Å². The van der Waals surface area contributed by atoms with Gasteiger partial charge in [-0.15, -0.1) is 11.8 Å². The van der Waals surface area contributed by atoms with Crippen LogP contribution in [0.3, 0.4) is 0 Å². The van der Waals surface area contributed by atoms with Gasteiger partial charge >= 0.3 is 0 Å². The van der Waals surface area contributed by atoms with Crippen LogP contribution in [0.2, 0.25) is 0 Å². The average Bonchev–Trinajstić information content (AvgIpc) is 2.17. The zero-order valence-electron chi connectivity index (χ0n) is 7.84. The van der Waals surface area contributed by atoms with E-state index in [1.165, 1.54) is 11.3 Å². The summed E-state index contributed by atoms with van der Waals surface area (Å²) in [7, 11) is 0. The second kappa shape index (κ2) is 4.58. The van der Waals surface area contributed by atoms with Gasteiger partial charge in [-0.3, -0.25) is 0 Å². The van der Waals surface area contributed by atoms with Crippen molar-refractivity contribution in [2.24, 2.45) is 3.21 Å². The summed E-state index contributed by atoms with van der Waals surface area (Å²) in [5.74, 6) is 0. The molecule has 76 valence electrons. The molecule has 0 saturated carbocycles. The molecule has 0 bridgehead atoms. The standard InChI is InChI=1S/C10H11ClINS/c1-6-4-9(13-12)8-5-7(11)2-3-10(8)14-6/h2,5-6,10H,3-4H2,1H3/b13-9+. The molecule has 0 aromatic heterocycles. The molecule has 1 nitrogen and oxygen atoms in total. The number of allylic oxidation sites excluding steroid dienone is 3. The monoisotopic (exact) mass is 339 g/mol. The van der Waals surface area contributed by atoms with Crippen molar-refractivity contribution in [2.45, 2.75) is 30.3 Å². The number of thioether (sulfide) groups is 1. The summed E-state index contributed by atoms with van der Waals surface area (Å²) >= 11 is 10.1. The molecule has 1 heterocycles. The highest BCUT2D eigenvalue weighted by Crippen LogP contribution is 2.39. The van der Waals surface area contributed by atoms with Crippen LogP contribution in [0.25, 0.3) is 0 Å². The lowest BCUT2D eigenvalue weighted by Gasteiger charge is -2.31. The normalized spacial score (nSPS) is 34.9. The molecular weight excluding hydrogens is 329 g/mol. The second-order valence-corrected chi connectivity index (χ2v) is 6.16. The number of rotatable bonds is 0. The van der Waals surface area contributed by atoms with Crippen molar-refractivity contribution >= 4 is 51.9 Å². The Labute approximate surface area is 108 Å². The molecule has 0 amide bonds. The summed E-state index contributed by atoms with van der Waals surface area (Å²) in [6, 6.07) is 0. The summed E-state index contributed by atoms with van der Waals surface area (Å²) in [5, 5.41) is 2.12. The Hall–Kier alpha value is 0.520. The van der Waals surface area contributed by atoms with Crippen LogP contribution in [0.4, 0.5) is 0 Å². The predicted molar refractivity (Wildman–Crippen MR) is 73.5 cm³/mol. The van der Waals surface area contributed by atoms with Crippen molar-refractivity contribution in [1.82, 2.24) is 0 Å². The van der Waals surface area contributed by atoms with Gasteiger partial charge in [0.2, 0.25) is 0 Å². The van der Waals surface area contributed by atoms with Crippen LogP contribution in [0.5, 0.6) is 0 Å². The molecule has 0 aromatic rings. The smallest absolute Gasteiger partial charge is 0.0834 e. The predicted octanol–water partition coefficient (Wildman–Crippen LogP) is 4.12. The maximum absolute atomic E-state index is 6.01. The van der Waals surface area contributed by atoms with Gasteiger partial charge < -0.3 is 0 Å². The quantitative estimate of drug-likeness (QED) is 0.605. The van der Waals surface area contributed by atoms with Crippen LogP contribution in [0.1, 0.15) is 19.8 Å². The first-order valence-corrected chi connectivity index (χ1v) is 6.90. The lowest BCUT2D eigenvalue weighted by molar-refractivity contribution is 0.923. The van der Waals surface area contributed by atoms with E-state index in [-0.39, 0.29) is 0 Å². The van der Waals surface area contributed by atoms with Crippen molar-refractivity contribution in [3.63, 3.8) is 0 Å². The van der Waals surface area contributed by atoms with Crippen LogP contribution in [0, 0.1) is 0 Å². The van der Waals surface area contributed by atoms with E-state index in [9.17, 15) is 0 Å². The zero-order valence-corrected chi connectivity index (χ0v) is 11.6. The van der Waals surface area contributed by atoms with Crippen molar-refractivity contribution in [1.29, 1.82) is 0 Å². The lowest BCUT2D eigenvalue weighted by Crippen LogP contribution is -2.27. The van der Waals surface area contributed by atoms with Gasteiger partial charge in [-0.2, -0.15) is 0 Å². The molecule has 2 unspecified atom stereocenters. The first-order chi connectivity index (χ1) is 6.70. The van der Waals surface area contributed by atoms with E-state index in [4.69, 9.17) is 11.6 Å². The maximum atomic E-state index is 6.01. The molecule has 2 atom stereocenters. The molecular formula is C10H11ClINS. The molecule has 1 aliphatic heterocycles. The van der Waals surface area contributed by atoms with Gasteiger partial charge in [0.05, 0.1) is 28.6 Å². The third-order valence-electron chi connectivity index (χ3n) is 2.48. The van der Waals surface area contributed by atoms with E-state index >= 15 is 0 Å². The summed E-state index contributed by atoms with van der Waals surface area (Å²) in [4.78, 5) is 0. The summed E-state index contributed by atoms with van der Waals surface area (Å²) in [6.45, 7) is 2.27. The molecule has 0 N–H and O–H groups in total. The minimum atomic E-state index is 0.578.